The maximum absolute atomic E-state index is 14.6. The highest BCUT2D eigenvalue weighted by atomic mass is 19.1. The molecule has 0 radical (unpaired) electrons. The zero-order valence-electron chi connectivity index (χ0n) is 21.1. The Morgan fingerprint density at radius 1 is 1.08 bits per heavy atom. The Labute approximate surface area is 217 Å². The summed E-state index contributed by atoms with van der Waals surface area (Å²) in [5.41, 5.74) is 3.07. The summed E-state index contributed by atoms with van der Waals surface area (Å²) in [7, 11) is 0. The van der Waals surface area contributed by atoms with E-state index >= 15 is 0 Å². The van der Waals surface area contributed by atoms with E-state index in [1.54, 1.807) is 23.1 Å². The molecule has 1 fully saturated rings. The molecule has 2 aromatic carbocycles. The molecule has 0 aromatic heterocycles. The van der Waals surface area contributed by atoms with Crippen molar-refractivity contribution in [3.63, 3.8) is 0 Å². The topological polar surface area (TPSA) is 85.7 Å². The Balaban J connectivity index is 1.17. The highest BCUT2D eigenvalue weighted by Crippen LogP contribution is 2.30. The van der Waals surface area contributed by atoms with Crippen molar-refractivity contribution in [2.75, 3.05) is 59.0 Å². The normalized spacial score (nSPS) is 23.5. The van der Waals surface area contributed by atoms with E-state index in [-0.39, 0.29) is 25.6 Å². The van der Waals surface area contributed by atoms with Crippen LogP contribution in [0.5, 0.6) is 11.5 Å². The molecule has 0 saturated carbocycles. The Bertz CT molecular complexity index is 1090. The van der Waals surface area contributed by atoms with Crippen LogP contribution >= 0.6 is 0 Å². The molecular weight excluding hydrogens is 477 g/mol. The van der Waals surface area contributed by atoms with E-state index in [0.29, 0.717) is 56.3 Å². The van der Waals surface area contributed by atoms with Crippen LogP contribution in [0.25, 0.3) is 0 Å². The fourth-order valence-corrected chi connectivity index (χ4v) is 5.50. The predicted molar refractivity (Wildman–Crippen MR) is 137 cm³/mol. The van der Waals surface area contributed by atoms with Gasteiger partial charge in [0.25, 0.3) is 5.91 Å². The van der Waals surface area contributed by atoms with Crippen molar-refractivity contribution < 1.29 is 28.9 Å². The summed E-state index contributed by atoms with van der Waals surface area (Å²) in [4.78, 5) is 19.0. The van der Waals surface area contributed by atoms with Gasteiger partial charge in [0.15, 0.2) is 0 Å². The molecule has 8 nitrogen and oxygen atoms in total. The molecule has 2 N–H and O–H groups in total. The molecule has 1 amide bonds. The number of fused-ring (bicyclic) bond motifs is 2. The van der Waals surface area contributed by atoms with E-state index in [1.807, 2.05) is 11.0 Å². The number of rotatable bonds is 8. The molecule has 9 heteroatoms. The van der Waals surface area contributed by atoms with Crippen molar-refractivity contribution >= 4 is 5.91 Å². The van der Waals surface area contributed by atoms with Gasteiger partial charge in [-0.25, -0.2) is 4.39 Å². The van der Waals surface area contributed by atoms with Crippen LogP contribution < -0.4 is 9.47 Å². The second-order valence-corrected chi connectivity index (χ2v) is 10.2. The average molecular weight is 514 g/mol. The van der Waals surface area contributed by atoms with Gasteiger partial charge in [-0.05, 0) is 36.1 Å². The Kier molecular flexibility index (Phi) is 8.24. The van der Waals surface area contributed by atoms with Crippen molar-refractivity contribution in [2.24, 2.45) is 0 Å². The molecule has 3 atom stereocenters. The number of ether oxygens (including phenoxy) is 2. The van der Waals surface area contributed by atoms with Gasteiger partial charge in [0.05, 0.1) is 24.8 Å². The lowest BCUT2D eigenvalue weighted by Gasteiger charge is -2.34. The Morgan fingerprint density at radius 2 is 1.92 bits per heavy atom. The number of carbonyl (C=O) groups excluding carboxylic acids is 1. The number of benzene rings is 2. The SMILES string of the molecule is O=C1c2ccc(OC3CCN(CCO)CC3F)cc2OCCN1C[C@H](O)CN1CCc2ccccc2C1. The number of nitrogens with zero attached hydrogens (tertiary/aromatic N) is 3. The first-order chi connectivity index (χ1) is 18.0. The second kappa shape index (κ2) is 11.8. The van der Waals surface area contributed by atoms with Gasteiger partial charge in [-0.1, -0.05) is 24.3 Å². The predicted octanol–water partition coefficient (Wildman–Crippen LogP) is 1.72. The molecule has 0 spiro atoms. The van der Waals surface area contributed by atoms with Crippen LogP contribution in [0, 0.1) is 0 Å². The smallest absolute Gasteiger partial charge is 0.257 e. The summed E-state index contributed by atoms with van der Waals surface area (Å²) in [6.45, 7) is 4.45. The number of alkyl halides is 1. The summed E-state index contributed by atoms with van der Waals surface area (Å²) < 4.78 is 26.4. The summed E-state index contributed by atoms with van der Waals surface area (Å²) >= 11 is 0. The molecule has 3 aliphatic heterocycles. The van der Waals surface area contributed by atoms with Crippen molar-refractivity contribution in [1.82, 2.24) is 14.7 Å². The molecule has 0 bridgehead atoms. The molecule has 2 unspecified atom stereocenters. The zero-order valence-corrected chi connectivity index (χ0v) is 21.1. The first-order valence-electron chi connectivity index (χ1n) is 13.2. The molecule has 3 aliphatic rings. The molecule has 200 valence electrons. The third-order valence-corrected chi connectivity index (χ3v) is 7.47. The van der Waals surface area contributed by atoms with E-state index in [1.165, 1.54) is 11.1 Å². The fourth-order valence-electron chi connectivity index (χ4n) is 5.50. The average Bonchev–Trinajstić information content (AvgIpc) is 3.04. The first kappa shape index (κ1) is 25.9. The lowest BCUT2D eigenvalue weighted by Crippen LogP contribution is -2.47. The van der Waals surface area contributed by atoms with Gasteiger partial charge in [-0.15, -0.1) is 0 Å². The van der Waals surface area contributed by atoms with Crippen molar-refractivity contribution in [1.29, 1.82) is 0 Å². The lowest BCUT2D eigenvalue weighted by molar-refractivity contribution is 0.0166. The highest BCUT2D eigenvalue weighted by molar-refractivity contribution is 5.97. The van der Waals surface area contributed by atoms with Gasteiger partial charge < -0.3 is 24.6 Å². The highest BCUT2D eigenvalue weighted by Gasteiger charge is 2.32. The minimum atomic E-state index is -1.16. The molecular formula is C28H36FN3O5. The van der Waals surface area contributed by atoms with Gasteiger partial charge in [0, 0.05) is 51.9 Å². The number of aliphatic hydroxyl groups is 2. The van der Waals surface area contributed by atoms with E-state index in [0.717, 1.165) is 19.5 Å². The summed E-state index contributed by atoms with van der Waals surface area (Å²) in [5, 5.41) is 19.9. The number of β-amino-alcohol motifs (C(OH)–C–C–N with tert-alkyl or cyclic N) is 2. The Morgan fingerprint density at radius 3 is 2.73 bits per heavy atom. The van der Waals surface area contributed by atoms with E-state index in [4.69, 9.17) is 14.6 Å². The third kappa shape index (κ3) is 6.23. The third-order valence-electron chi connectivity index (χ3n) is 7.47. The van der Waals surface area contributed by atoms with Crippen LogP contribution in [0.1, 0.15) is 27.9 Å². The fraction of sp³-hybridized carbons (Fsp3) is 0.536. The minimum absolute atomic E-state index is 0.00919. The van der Waals surface area contributed by atoms with Gasteiger partial charge >= 0.3 is 0 Å². The number of hydrogen-bond acceptors (Lipinski definition) is 7. The quantitative estimate of drug-likeness (QED) is 0.556. The maximum Gasteiger partial charge on any atom is 0.257 e. The standard InChI is InChI=1S/C28H36FN3O5/c29-25-19-30(11-13-33)10-8-26(25)37-23-5-6-24-27(15-23)36-14-12-32(28(24)35)18-22(34)17-31-9-7-20-3-1-2-4-21(20)16-31/h1-6,15,22,25-26,33-34H,7-14,16-19H2/t22-,25?,26?/m1/s1. The van der Waals surface area contributed by atoms with Crippen LogP contribution in [0.2, 0.25) is 0 Å². The van der Waals surface area contributed by atoms with Crippen LogP contribution in [0.3, 0.4) is 0 Å². The summed E-state index contributed by atoms with van der Waals surface area (Å²) in [6.07, 6.45) is -0.930. The molecule has 37 heavy (non-hydrogen) atoms. The molecule has 5 rings (SSSR count). The van der Waals surface area contributed by atoms with E-state index in [9.17, 15) is 14.3 Å². The molecule has 0 aliphatic carbocycles. The van der Waals surface area contributed by atoms with Crippen LogP contribution in [-0.4, -0.2) is 108 Å². The molecule has 1 saturated heterocycles. The summed E-state index contributed by atoms with van der Waals surface area (Å²) in [6, 6.07) is 13.4. The summed E-state index contributed by atoms with van der Waals surface area (Å²) in [5.74, 6) is 0.691. The number of likely N-dealkylation sites (tertiary alicyclic amines) is 1. The molecule has 2 aromatic rings. The van der Waals surface area contributed by atoms with Crippen molar-refractivity contribution in [3.8, 4) is 11.5 Å². The number of amides is 1. The number of aliphatic hydroxyl groups excluding tert-OH is 2. The lowest BCUT2D eigenvalue weighted by atomic mass is 10.00. The maximum atomic E-state index is 14.6. The van der Waals surface area contributed by atoms with Gasteiger partial charge in [-0.3, -0.25) is 14.6 Å². The largest absolute Gasteiger partial charge is 0.491 e. The van der Waals surface area contributed by atoms with Crippen LogP contribution in [0.4, 0.5) is 4.39 Å². The van der Waals surface area contributed by atoms with Gasteiger partial charge in [0.1, 0.15) is 30.4 Å². The number of carbonyl (C=O) groups is 1. The minimum Gasteiger partial charge on any atom is -0.491 e. The van der Waals surface area contributed by atoms with Gasteiger partial charge in [0.2, 0.25) is 0 Å². The number of piperidine rings is 1. The van der Waals surface area contributed by atoms with Crippen molar-refractivity contribution in [3.05, 3.63) is 59.2 Å². The van der Waals surface area contributed by atoms with Crippen LogP contribution in [0.15, 0.2) is 42.5 Å². The second-order valence-electron chi connectivity index (χ2n) is 10.2. The van der Waals surface area contributed by atoms with E-state index < -0.39 is 18.4 Å². The Hall–Kier alpha value is -2.72. The number of hydrogen-bond donors (Lipinski definition) is 2. The molecule has 3 heterocycles. The number of halogens is 1. The first-order valence-corrected chi connectivity index (χ1v) is 13.2. The van der Waals surface area contributed by atoms with E-state index in [2.05, 4.69) is 23.1 Å². The monoisotopic (exact) mass is 513 g/mol. The zero-order chi connectivity index (χ0) is 25.8. The van der Waals surface area contributed by atoms with Crippen LogP contribution in [-0.2, 0) is 13.0 Å². The van der Waals surface area contributed by atoms with Gasteiger partial charge in [-0.2, -0.15) is 0 Å². The van der Waals surface area contributed by atoms with Crippen molar-refractivity contribution in [2.45, 2.75) is 37.8 Å².